The third kappa shape index (κ3) is 3.72. The second-order valence-corrected chi connectivity index (χ2v) is 16.3. The van der Waals surface area contributed by atoms with E-state index in [4.69, 9.17) is 4.74 Å². The molecule has 3 heteroatoms. The molecule has 0 amide bonds. The van der Waals surface area contributed by atoms with Gasteiger partial charge in [0.25, 0.3) is 0 Å². The maximum absolute atomic E-state index is 13.0. The van der Waals surface area contributed by atoms with Crippen molar-refractivity contribution in [2.24, 2.45) is 56.7 Å². The molecule has 1 aromatic rings. The summed E-state index contributed by atoms with van der Waals surface area (Å²) in [6.45, 7) is 20.5. The fraction of sp³-hybridized carbons (Fsp3) is 0.778. The van der Waals surface area contributed by atoms with E-state index in [0.29, 0.717) is 33.6 Å². The first-order valence-electron chi connectivity index (χ1n) is 16.1. The van der Waals surface area contributed by atoms with E-state index in [0.717, 1.165) is 30.6 Å². The van der Waals surface area contributed by atoms with Gasteiger partial charge in [-0.3, -0.25) is 4.98 Å². The van der Waals surface area contributed by atoms with Gasteiger partial charge in [0.15, 0.2) is 0 Å². The maximum atomic E-state index is 13.0. The molecule has 5 aliphatic carbocycles. The predicted octanol–water partition coefficient (Wildman–Crippen LogP) is 9.28. The van der Waals surface area contributed by atoms with Crippen molar-refractivity contribution in [1.82, 2.24) is 4.98 Å². The second-order valence-electron chi connectivity index (χ2n) is 16.3. The van der Waals surface area contributed by atoms with Crippen LogP contribution in [0.2, 0.25) is 0 Å². The number of aromatic nitrogens is 1. The Balaban J connectivity index is 1.31. The first-order valence-corrected chi connectivity index (χ1v) is 16.1. The lowest BCUT2D eigenvalue weighted by Gasteiger charge is -2.71. The van der Waals surface area contributed by atoms with E-state index in [2.05, 4.69) is 66.4 Å². The Morgan fingerprint density at radius 1 is 0.923 bits per heavy atom. The van der Waals surface area contributed by atoms with Gasteiger partial charge in [0.05, 0.1) is 5.56 Å². The minimum Gasteiger partial charge on any atom is -0.458 e. The summed E-state index contributed by atoms with van der Waals surface area (Å²) >= 11 is 0. The largest absolute Gasteiger partial charge is 0.458 e. The van der Waals surface area contributed by atoms with E-state index in [-0.39, 0.29) is 22.9 Å². The quantitative estimate of drug-likeness (QED) is 0.282. The first kappa shape index (κ1) is 27.5. The molecule has 0 aromatic carbocycles. The molecule has 1 heterocycles. The molecular weight excluding hydrogens is 478 g/mol. The van der Waals surface area contributed by atoms with Crippen LogP contribution in [0.15, 0.2) is 36.2 Å². The standard InChI is InChI=1S/C36H53NO2/c1-23-13-16-33(5)19-20-35(7)26(30(33)24(23)2)11-12-28-34(6)17-15-29(39-31(38)25-10-9-21-37-22-25)32(3,4)27(34)14-18-36(28,35)8/h9-11,21-24,27-30H,12-20H2,1-8H3/t23-,24+,27+,28-,29+,30+,33-,34+,35-,36-/m1/s1. The van der Waals surface area contributed by atoms with Crippen LogP contribution in [0.4, 0.5) is 0 Å². The fourth-order valence-electron chi connectivity index (χ4n) is 11.7. The van der Waals surface area contributed by atoms with Crippen molar-refractivity contribution in [1.29, 1.82) is 0 Å². The Morgan fingerprint density at radius 2 is 1.69 bits per heavy atom. The van der Waals surface area contributed by atoms with Crippen LogP contribution in [-0.2, 0) is 4.74 Å². The monoisotopic (exact) mass is 531 g/mol. The molecule has 6 rings (SSSR count). The molecule has 0 aliphatic heterocycles. The zero-order valence-electron chi connectivity index (χ0n) is 26.0. The van der Waals surface area contributed by atoms with Crippen LogP contribution in [0.1, 0.15) is 124 Å². The number of allylic oxidation sites excluding steroid dienone is 2. The van der Waals surface area contributed by atoms with Crippen molar-refractivity contribution in [2.45, 2.75) is 119 Å². The number of esters is 1. The molecule has 0 spiro atoms. The zero-order chi connectivity index (χ0) is 28.0. The normalized spacial score (nSPS) is 48.5. The van der Waals surface area contributed by atoms with Gasteiger partial charge in [0.2, 0.25) is 0 Å². The number of nitrogens with zero attached hydrogens (tertiary/aromatic N) is 1. The second kappa shape index (κ2) is 8.93. The van der Waals surface area contributed by atoms with Crippen molar-refractivity contribution < 1.29 is 9.53 Å². The number of carbonyl (C=O) groups is 1. The van der Waals surface area contributed by atoms with Crippen LogP contribution in [0, 0.1) is 56.7 Å². The molecule has 3 nitrogen and oxygen atoms in total. The SMILES string of the molecule is C[C@H]1[C@H](C)CC[C@]2(C)CC[C@]3(C)C(=CC[C@@H]4[C@@]5(C)CC[C@H](OC(=O)c6cccnc6)C(C)(C)[C@@H]5CC[C@]43C)[C@H]12. The van der Waals surface area contributed by atoms with Gasteiger partial charge in [-0.25, -0.2) is 4.79 Å². The average molecular weight is 532 g/mol. The third-order valence-corrected chi connectivity index (χ3v) is 14.5. The molecule has 5 aliphatic rings. The minimum atomic E-state index is -0.218. The predicted molar refractivity (Wildman–Crippen MR) is 158 cm³/mol. The number of hydrogen-bond donors (Lipinski definition) is 0. The van der Waals surface area contributed by atoms with Crippen molar-refractivity contribution in [2.75, 3.05) is 0 Å². The summed E-state index contributed by atoms with van der Waals surface area (Å²) in [5.41, 5.74) is 3.76. The molecule has 0 unspecified atom stereocenters. The number of carbonyl (C=O) groups excluding carboxylic acids is 1. The molecule has 1 aromatic heterocycles. The topological polar surface area (TPSA) is 39.2 Å². The minimum absolute atomic E-state index is 0.0436. The highest BCUT2D eigenvalue weighted by Crippen LogP contribution is 2.75. The van der Waals surface area contributed by atoms with Gasteiger partial charge in [0, 0.05) is 17.8 Å². The zero-order valence-corrected chi connectivity index (χ0v) is 26.0. The molecule has 10 atom stereocenters. The summed E-state index contributed by atoms with van der Waals surface area (Å²) in [5.74, 6) is 3.39. The van der Waals surface area contributed by atoms with Gasteiger partial charge in [-0.15, -0.1) is 0 Å². The van der Waals surface area contributed by atoms with Crippen molar-refractivity contribution in [3.8, 4) is 0 Å². The van der Waals surface area contributed by atoms with Crippen molar-refractivity contribution in [3.63, 3.8) is 0 Å². The van der Waals surface area contributed by atoms with E-state index in [1.54, 1.807) is 12.4 Å². The smallest absolute Gasteiger partial charge is 0.339 e. The van der Waals surface area contributed by atoms with E-state index in [1.807, 2.05) is 17.7 Å². The highest BCUT2D eigenvalue weighted by molar-refractivity contribution is 5.89. The van der Waals surface area contributed by atoms with Gasteiger partial charge in [0.1, 0.15) is 6.10 Å². The summed E-state index contributed by atoms with van der Waals surface area (Å²) in [6, 6.07) is 3.63. The number of fused-ring (bicyclic) bond motifs is 7. The molecule has 214 valence electrons. The van der Waals surface area contributed by atoms with Gasteiger partial charge >= 0.3 is 5.97 Å². The molecule has 39 heavy (non-hydrogen) atoms. The van der Waals surface area contributed by atoms with E-state index >= 15 is 0 Å². The van der Waals surface area contributed by atoms with Crippen LogP contribution >= 0.6 is 0 Å². The molecule has 4 saturated carbocycles. The number of hydrogen-bond acceptors (Lipinski definition) is 3. The summed E-state index contributed by atoms with van der Waals surface area (Å²) in [4.78, 5) is 17.2. The van der Waals surface area contributed by atoms with Gasteiger partial charge < -0.3 is 4.74 Å². The summed E-state index contributed by atoms with van der Waals surface area (Å²) in [5, 5.41) is 0. The highest BCUT2D eigenvalue weighted by atomic mass is 16.5. The van der Waals surface area contributed by atoms with E-state index in [9.17, 15) is 4.79 Å². The van der Waals surface area contributed by atoms with Crippen LogP contribution < -0.4 is 0 Å². The number of pyridine rings is 1. The number of ether oxygens (including phenoxy) is 1. The van der Waals surface area contributed by atoms with Crippen LogP contribution in [0.25, 0.3) is 0 Å². The Morgan fingerprint density at radius 3 is 2.41 bits per heavy atom. The Kier molecular flexibility index (Phi) is 6.30. The van der Waals surface area contributed by atoms with E-state index in [1.165, 1.54) is 44.9 Å². The molecule has 0 saturated heterocycles. The lowest BCUT2D eigenvalue weighted by molar-refractivity contribution is -0.204. The Labute approximate surface area is 238 Å². The first-order chi connectivity index (χ1) is 18.3. The summed E-state index contributed by atoms with van der Waals surface area (Å²) in [6.07, 6.45) is 17.5. The maximum Gasteiger partial charge on any atom is 0.339 e. The molecule has 0 bridgehead atoms. The average Bonchev–Trinajstić information content (AvgIpc) is 2.89. The summed E-state index contributed by atoms with van der Waals surface area (Å²) in [7, 11) is 0. The lowest BCUT2D eigenvalue weighted by atomic mass is 9.33. The van der Waals surface area contributed by atoms with E-state index < -0.39 is 0 Å². The van der Waals surface area contributed by atoms with Gasteiger partial charge in [-0.05, 0) is 121 Å². The van der Waals surface area contributed by atoms with Gasteiger partial charge in [-0.1, -0.05) is 67.0 Å². The third-order valence-electron chi connectivity index (χ3n) is 14.5. The van der Waals surface area contributed by atoms with Gasteiger partial charge in [-0.2, -0.15) is 0 Å². The molecular formula is C36H53NO2. The summed E-state index contributed by atoms with van der Waals surface area (Å²) < 4.78 is 6.25. The number of rotatable bonds is 2. The Bertz CT molecular complexity index is 1160. The van der Waals surface area contributed by atoms with Crippen LogP contribution in [0.3, 0.4) is 0 Å². The molecule has 0 radical (unpaired) electrons. The van der Waals surface area contributed by atoms with Crippen molar-refractivity contribution >= 4 is 5.97 Å². The Hall–Kier alpha value is -1.64. The van der Waals surface area contributed by atoms with Crippen LogP contribution in [0.5, 0.6) is 0 Å². The molecule has 4 fully saturated rings. The highest BCUT2D eigenvalue weighted by Gasteiger charge is 2.68. The lowest BCUT2D eigenvalue weighted by Crippen LogP contribution is -2.65. The fourth-order valence-corrected chi connectivity index (χ4v) is 11.7. The van der Waals surface area contributed by atoms with Crippen LogP contribution in [-0.4, -0.2) is 17.1 Å². The van der Waals surface area contributed by atoms with Crippen molar-refractivity contribution in [3.05, 3.63) is 41.7 Å². The molecule has 0 N–H and O–H groups in total.